The molecule has 0 spiro atoms. The van der Waals surface area contributed by atoms with Crippen molar-refractivity contribution in [1.29, 1.82) is 0 Å². The first-order valence-electron chi connectivity index (χ1n) is 11.5. The first-order valence-corrected chi connectivity index (χ1v) is 11.5. The number of unbranched alkanes of at least 4 members (excludes halogenated alkanes) is 9. The summed E-state index contributed by atoms with van der Waals surface area (Å²) in [4.78, 5) is 24.4. The van der Waals surface area contributed by atoms with Crippen LogP contribution in [-0.4, -0.2) is 25.2 Å². The molecule has 1 saturated carbocycles. The van der Waals surface area contributed by atoms with E-state index < -0.39 is 0 Å². The van der Waals surface area contributed by atoms with Gasteiger partial charge < -0.3 is 9.47 Å². The highest BCUT2D eigenvalue weighted by Gasteiger charge is 2.32. The molecule has 0 aromatic rings. The first-order chi connectivity index (χ1) is 13.2. The monoisotopic (exact) mass is 382 g/mol. The molecule has 1 aliphatic rings. The Hall–Kier alpha value is -1.06. The molecule has 2 unspecified atom stereocenters. The molecule has 0 saturated heterocycles. The van der Waals surface area contributed by atoms with E-state index in [1.165, 1.54) is 44.9 Å². The maximum Gasteiger partial charge on any atom is 0.308 e. The Labute approximate surface area is 166 Å². The van der Waals surface area contributed by atoms with Gasteiger partial charge in [0.2, 0.25) is 0 Å². The van der Waals surface area contributed by atoms with Crippen molar-refractivity contribution >= 4 is 11.9 Å². The lowest BCUT2D eigenvalue weighted by Crippen LogP contribution is -2.30. The van der Waals surface area contributed by atoms with Crippen LogP contribution in [0.3, 0.4) is 0 Å². The first kappa shape index (κ1) is 24.0. The van der Waals surface area contributed by atoms with Crippen LogP contribution in [0, 0.1) is 11.8 Å². The lowest BCUT2D eigenvalue weighted by molar-refractivity contribution is -0.155. The SMILES string of the molecule is CCCCCCCCCCCOC(=O)C1CCCC(C(=O)OCCCC)C1. The molecule has 0 aliphatic heterocycles. The van der Waals surface area contributed by atoms with Gasteiger partial charge in [-0.3, -0.25) is 9.59 Å². The van der Waals surface area contributed by atoms with Gasteiger partial charge in [0.25, 0.3) is 0 Å². The fourth-order valence-corrected chi connectivity index (χ4v) is 3.76. The number of ether oxygens (including phenoxy) is 2. The normalized spacial score (nSPS) is 19.6. The third kappa shape index (κ3) is 11.4. The number of hydrogen-bond acceptors (Lipinski definition) is 4. The highest BCUT2D eigenvalue weighted by atomic mass is 16.5. The molecule has 0 radical (unpaired) electrons. The van der Waals surface area contributed by atoms with Gasteiger partial charge in [-0.2, -0.15) is 0 Å². The summed E-state index contributed by atoms with van der Waals surface area (Å²) in [5.74, 6) is -0.484. The van der Waals surface area contributed by atoms with Crippen LogP contribution < -0.4 is 0 Å². The molecule has 0 bridgehead atoms. The van der Waals surface area contributed by atoms with Gasteiger partial charge in [0.05, 0.1) is 25.0 Å². The highest BCUT2D eigenvalue weighted by molar-refractivity contribution is 5.76. The zero-order valence-electron chi connectivity index (χ0n) is 17.8. The van der Waals surface area contributed by atoms with E-state index in [9.17, 15) is 9.59 Å². The van der Waals surface area contributed by atoms with Crippen molar-refractivity contribution in [3.05, 3.63) is 0 Å². The quantitative estimate of drug-likeness (QED) is 0.249. The summed E-state index contributed by atoms with van der Waals surface area (Å²) >= 11 is 0. The van der Waals surface area contributed by atoms with Crippen LogP contribution in [-0.2, 0) is 19.1 Å². The Balaban J connectivity index is 2.08. The van der Waals surface area contributed by atoms with Gasteiger partial charge in [-0.25, -0.2) is 0 Å². The molecule has 0 aromatic carbocycles. The molecule has 0 N–H and O–H groups in total. The molecule has 4 heteroatoms. The average Bonchev–Trinajstić information content (AvgIpc) is 2.69. The molecule has 4 nitrogen and oxygen atoms in total. The van der Waals surface area contributed by atoms with E-state index in [1.807, 2.05) is 0 Å². The number of hydrogen-bond donors (Lipinski definition) is 0. The summed E-state index contributed by atoms with van der Waals surface area (Å²) in [6, 6.07) is 0. The molecule has 0 aromatic heterocycles. The van der Waals surface area contributed by atoms with E-state index in [0.717, 1.165) is 44.9 Å². The topological polar surface area (TPSA) is 52.6 Å². The summed E-state index contributed by atoms with van der Waals surface area (Å²) in [5, 5.41) is 0. The lowest BCUT2D eigenvalue weighted by atomic mass is 9.81. The summed E-state index contributed by atoms with van der Waals surface area (Å²) in [7, 11) is 0. The lowest BCUT2D eigenvalue weighted by Gasteiger charge is -2.26. The maximum atomic E-state index is 12.3. The predicted molar refractivity (Wildman–Crippen MR) is 110 cm³/mol. The van der Waals surface area contributed by atoms with E-state index in [0.29, 0.717) is 19.6 Å². The Bertz CT molecular complexity index is 394. The van der Waals surface area contributed by atoms with Crippen molar-refractivity contribution in [2.75, 3.05) is 13.2 Å². The summed E-state index contributed by atoms with van der Waals surface area (Å²) < 4.78 is 10.8. The minimum Gasteiger partial charge on any atom is -0.465 e. The van der Waals surface area contributed by atoms with Gasteiger partial charge in [-0.1, -0.05) is 78.1 Å². The number of carbonyl (C=O) groups excluding carboxylic acids is 2. The Morgan fingerprint density at radius 3 is 1.63 bits per heavy atom. The van der Waals surface area contributed by atoms with Crippen molar-refractivity contribution in [2.24, 2.45) is 11.8 Å². The fourth-order valence-electron chi connectivity index (χ4n) is 3.76. The molecule has 0 heterocycles. The molecule has 158 valence electrons. The van der Waals surface area contributed by atoms with Gasteiger partial charge in [-0.15, -0.1) is 0 Å². The Morgan fingerprint density at radius 1 is 0.667 bits per heavy atom. The molecule has 1 rings (SSSR count). The molecule has 0 amide bonds. The van der Waals surface area contributed by atoms with Gasteiger partial charge in [0.15, 0.2) is 0 Å². The van der Waals surface area contributed by atoms with Crippen LogP contribution in [0.1, 0.15) is 110 Å². The molecular formula is C23H42O4. The zero-order valence-corrected chi connectivity index (χ0v) is 17.8. The Kier molecular flexibility index (Phi) is 14.2. The minimum atomic E-state index is -0.125. The third-order valence-corrected chi connectivity index (χ3v) is 5.58. The van der Waals surface area contributed by atoms with E-state index in [2.05, 4.69) is 13.8 Å². The van der Waals surface area contributed by atoms with Crippen molar-refractivity contribution in [1.82, 2.24) is 0 Å². The van der Waals surface area contributed by atoms with E-state index >= 15 is 0 Å². The zero-order chi connectivity index (χ0) is 19.7. The van der Waals surface area contributed by atoms with E-state index in [1.54, 1.807) is 0 Å². The van der Waals surface area contributed by atoms with Crippen molar-refractivity contribution in [3.63, 3.8) is 0 Å². The third-order valence-electron chi connectivity index (χ3n) is 5.58. The predicted octanol–water partition coefficient (Wildman–Crippen LogP) is 6.21. The second kappa shape index (κ2) is 15.9. The van der Waals surface area contributed by atoms with Gasteiger partial charge >= 0.3 is 11.9 Å². The van der Waals surface area contributed by atoms with Crippen LogP contribution in [0.15, 0.2) is 0 Å². The smallest absolute Gasteiger partial charge is 0.308 e. The summed E-state index contributed by atoms with van der Waals surface area (Å²) in [6.45, 7) is 5.35. The van der Waals surface area contributed by atoms with E-state index in [4.69, 9.17) is 9.47 Å². The van der Waals surface area contributed by atoms with Crippen LogP contribution in [0.4, 0.5) is 0 Å². The minimum absolute atomic E-state index is 0.111. The van der Waals surface area contributed by atoms with Gasteiger partial charge in [-0.05, 0) is 32.1 Å². The average molecular weight is 383 g/mol. The Morgan fingerprint density at radius 2 is 1.11 bits per heavy atom. The molecule has 27 heavy (non-hydrogen) atoms. The fraction of sp³-hybridized carbons (Fsp3) is 0.913. The molecule has 2 atom stereocenters. The largest absolute Gasteiger partial charge is 0.465 e. The maximum absolute atomic E-state index is 12.3. The van der Waals surface area contributed by atoms with Crippen LogP contribution >= 0.6 is 0 Å². The van der Waals surface area contributed by atoms with Crippen molar-refractivity contribution in [3.8, 4) is 0 Å². The standard InChI is InChI=1S/C23H42O4/c1-3-5-7-8-9-10-11-12-13-18-27-23(25)21-16-14-15-20(19-21)22(24)26-17-6-4-2/h20-21H,3-19H2,1-2H3. The van der Waals surface area contributed by atoms with E-state index in [-0.39, 0.29) is 23.8 Å². The van der Waals surface area contributed by atoms with Crippen LogP contribution in [0.2, 0.25) is 0 Å². The van der Waals surface area contributed by atoms with Crippen LogP contribution in [0.5, 0.6) is 0 Å². The molecule has 1 fully saturated rings. The van der Waals surface area contributed by atoms with Crippen LogP contribution in [0.25, 0.3) is 0 Å². The molecular weight excluding hydrogens is 340 g/mol. The number of esters is 2. The summed E-state index contributed by atoms with van der Waals surface area (Å²) in [5.41, 5.74) is 0. The van der Waals surface area contributed by atoms with Crippen molar-refractivity contribution < 1.29 is 19.1 Å². The summed E-state index contributed by atoms with van der Waals surface area (Å²) in [6.07, 6.45) is 16.4. The highest BCUT2D eigenvalue weighted by Crippen LogP contribution is 2.31. The van der Waals surface area contributed by atoms with Crippen molar-refractivity contribution in [2.45, 2.75) is 110 Å². The molecule has 1 aliphatic carbocycles. The number of carbonyl (C=O) groups is 2. The number of rotatable bonds is 15. The van der Waals surface area contributed by atoms with Gasteiger partial charge in [0.1, 0.15) is 0 Å². The van der Waals surface area contributed by atoms with Gasteiger partial charge in [0, 0.05) is 0 Å². The second-order valence-corrected chi connectivity index (χ2v) is 8.08. The second-order valence-electron chi connectivity index (χ2n) is 8.08.